The van der Waals surface area contributed by atoms with Crippen molar-refractivity contribution in [3.05, 3.63) is 62.1 Å². The highest BCUT2D eigenvalue weighted by Gasteiger charge is 2.27. The second-order valence-electron chi connectivity index (χ2n) is 7.66. The van der Waals surface area contributed by atoms with Gasteiger partial charge in [-0.3, -0.25) is 18.3 Å². The molecule has 3 heterocycles. The molecule has 0 fully saturated rings. The van der Waals surface area contributed by atoms with Crippen molar-refractivity contribution in [2.45, 2.75) is 40.2 Å². The van der Waals surface area contributed by atoms with Gasteiger partial charge in [-0.25, -0.2) is 14.2 Å². The molecular weight excluding hydrogens is 398 g/mol. The molecule has 9 heteroatoms. The third kappa shape index (κ3) is 2.83. The molecule has 1 aromatic carbocycles. The molecule has 4 aromatic rings. The Morgan fingerprint density at radius 1 is 1.13 bits per heavy atom. The molecule has 0 bridgehead atoms. The number of benzene rings is 1. The molecule has 0 saturated heterocycles. The third-order valence-electron chi connectivity index (χ3n) is 6.00. The van der Waals surface area contributed by atoms with Crippen molar-refractivity contribution < 1.29 is 9.53 Å². The predicted molar refractivity (Wildman–Crippen MR) is 117 cm³/mol. The van der Waals surface area contributed by atoms with Crippen LogP contribution < -0.4 is 11.2 Å². The van der Waals surface area contributed by atoms with E-state index >= 15 is 0 Å². The van der Waals surface area contributed by atoms with E-state index in [1.165, 1.54) is 24.2 Å². The van der Waals surface area contributed by atoms with Gasteiger partial charge in [-0.1, -0.05) is 19.1 Å². The normalized spacial score (nSPS) is 12.6. The van der Waals surface area contributed by atoms with Crippen LogP contribution in [0, 0.1) is 13.8 Å². The number of aromatic nitrogens is 5. The average molecular weight is 423 g/mol. The zero-order valence-corrected chi connectivity index (χ0v) is 18.5. The number of carbonyl (C=O) groups is 1. The zero-order chi connectivity index (χ0) is 22.6. The van der Waals surface area contributed by atoms with Crippen molar-refractivity contribution in [2.75, 3.05) is 7.11 Å². The van der Waals surface area contributed by atoms with Crippen LogP contribution in [0.25, 0.3) is 22.6 Å². The molecule has 0 spiro atoms. The fourth-order valence-corrected chi connectivity index (χ4v) is 4.02. The Labute approximate surface area is 178 Å². The number of methoxy groups -OCH3 is 1. The number of esters is 1. The lowest BCUT2D eigenvalue weighted by Crippen LogP contribution is -2.43. The maximum atomic E-state index is 13.4. The summed E-state index contributed by atoms with van der Waals surface area (Å²) < 4.78 is 10.7. The quantitative estimate of drug-likeness (QED) is 0.469. The van der Waals surface area contributed by atoms with E-state index in [4.69, 9.17) is 4.74 Å². The first-order valence-corrected chi connectivity index (χ1v) is 10.1. The monoisotopic (exact) mass is 423 g/mol. The summed E-state index contributed by atoms with van der Waals surface area (Å²) in [6.45, 7) is 7.43. The summed E-state index contributed by atoms with van der Waals surface area (Å²) in [5, 5.41) is 0. The van der Waals surface area contributed by atoms with Crippen molar-refractivity contribution in [1.29, 1.82) is 0 Å². The lowest BCUT2D eigenvalue weighted by Gasteiger charge is -2.13. The first-order chi connectivity index (χ1) is 14.7. The van der Waals surface area contributed by atoms with Crippen molar-refractivity contribution in [2.24, 2.45) is 7.05 Å². The molecule has 31 heavy (non-hydrogen) atoms. The molecule has 0 radical (unpaired) electrons. The van der Waals surface area contributed by atoms with E-state index in [-0.39, 0.29) is 11.2 Å². The van der Waals surface area contributed by atoms with Crippen molar-refractivity contribution in [1.82, 2.24) is 23.1 Å². The standard InChI is InChI=1S/C22H25N5O4/c1-7-15-8-10-16(11-9-15)25-12(2)13(3)26-17-18(23-21(25)26)24(5)22(30)27(19(17)28)14(4)20(29)31-6/h8-11,14H,7H2,1-6H3/t14-/m1/s1. The van der Waals surface area contributed by atoms with Crippen molar-refractivity contribution >= 4 is 22.9 Å². The van der Waals surface area contributed by atoms with E-state index in [0.717, 1.165) is 28.1 Å². The molecule has 162 valence electrons. The van der Waals surface area contributed by atoms with Crippen LogP contribution in [0.15, 0.2) is 33.9 Å². The molecule has 9 nitrogen and oxygen atoms in total. The number of carbonyl (C=O) groups excluding carboxylic acids is 1. The molecule has 0 aliphatic rings. The van der Waals surface area contributed by atoms with Crippen LogP contribution in [0.2, 0.25) is 0 Å². The molecule has 0 aliphatic carbocycles. The van der Waals surface area contributed by atoms with Crippen LogP contribution in [-0.2, 0) is 23.0 Å². The Hall–Kier alpha value is -3.62. The van der Waals surface area contributed by atoms with Gasteiger partial charge in [-0.2, -0.15) is 4.98 Å². The maximum Gasteiger partial charge on any atom is 0.333 e. The van der Waals surface area contributed by atoms with Crippen LogP contribution >= 0.6 is 0 Å². The minimum Gasteiger partial charge on any atom is -0.467 e. The number of ether oxygens (including phenoxy) is 1. The van der Waals surface area contributed by atoms with E-state index in [0.29, 0.717) is 5.78 Å². The van der Waals surface area contributed by atoms with Crippen LogP contribution in [0.5, 0.6) is 0 Å². The largest absolute Gasteiger partial charge is 0.467 e. The summed E-state index contributed by atoms with van der Waals surface area (Å²) in [6, 6.07) is 7.09. The SMILES string of the molecule is CCc1ccc(-n2c(C)c(C)n3c4c(=O)n([C@H](C)C(=O)OC)c(=O)n(C)c4nc23)cc1. The Morgan fingerprint density at radius 2 is 1.77 bits per heavy atom. The Morgan fingerprint density at radius 3 is 2.35 bits per heavy atom. The Balaban J connectivity index is 2.12. The van der Waals surface area contributed by atoms with Crippen LogP contribution in [0.1, 0.15) is 36.8 Å². The number of hydrogen-bond donors (Lipinski definition) is 0. The van der Waals surface area contributed by atoms with Gasteiger partial charge in [0.1, 0.15) is 6.04 Å². The summed E-state index contributed by atoms with van der Waals surface area (Å²) in [4.78, 5) is 43.0. The van der Waals surface area contributed by atoms with Gasteiger partial charge in [0.2, 0.25) is 5.78 Å². The second-order valence-corrected chi connectivity index (χ2v) is 7.66. The van der Waals surface area contributed by atoms with Crippen LogP contribution in [0.4, 0.5) is 0 Å². The number of imidazole rings is 2. The first-order valence-electron chi connectivity index (χ1n) is 10.1. The number of hydrogen-bond acceptors (Lipinski definition) is 5. The molecule has 0 N–H and O–H groups in total. The van der Waals surface area contributed by atoms with E-state index in [1.807, 2.05) is 30.5 Å². The summed E-state index contributed by atoms with van der Waals surface area (Å²) in [6.07, 6.45) is 0.937. The van der Waals surface area contributed by atoms with Crippen molar-refractivity contribution in [3.63, 3.8) is 0 Å². The fourth-order valence-electron chi connectivity index (χ4n) is 4.02. The van der Waals surface area contributed by atoms with Crippen molar-refractivity contribution in [3.8, 4) is 5.69 Å². The summed E-state index contributed by atoms with van der Waals surface area (Å²) in [7, 11) is 2.76. The highest BCUT2D eigenvalue weighted by Crippen LogP contribution is 2.25. The van der Waals surface area contributed by atoms with E-state index in [1.54, 1.807) is 11.4 Å². The molecular formula is C22H25N5O4. The van der Waals surface area contributed by atoms with Gasteiger partial charge in [-0.15, -0.1) is 0 Å². The number of rotatable bonds is 4. The minimum absolute atomic E-state index is 0.248. The van der Waals surface area contributed by atoms with E-state index in [2.05, 4.69) is 24.0 Å². The van der Waals surface area contributed by atoms with Crippen LogP contribution in [0.3, 0.4) is 0 Å². The third-order valence-corrected chi connectivity index (χ3v) is 6.00. The van der Waals surface area contributed by atoms with Gasteiger partial charge in [0.05, 0.1) is 7.11 Å². The highest BCUT2D eigenvalue weighted by molar-refractivity contribution is 5.78. The molecule has 0 amide bonds. The number of aryl methyl sites for hydroxylation is 3. The topological polar surface area (TPSA) is 92.5 Å². The average Bonchev–Trinajstić information content (AvgIpc) is 3.27. The number of nitrogens with zero attached hydrogens (tertiary/aromatic N) is 5. The lowest BCUT2D eigenvalue weighted by molar-refractivity contribution is -0.144. The lowest BCUT2D eigenvalue weighted by atomic mass is 10.1. The van der Waals surface area contributed by atoms with E-state index < -0.39 is 23.3 Å². The molecule has 0 unspecified atom stereocenters. The molecule has 3 aromatic heterocycles. The first kappa shape index (κ1) is 20.6. The zero-order valence-electron chi connectivity index (χ0n) is 18.5. The number of fused-ring (bicyclic) bond motifs is 3. The summed E-state index contributed by atoms with van der Waals surface area (Å²) in [5.74, 6) is -0.134. The van der Waals surface area contributed by atoms with Crippen LogP contribution in [-0.4, -0.2) is 36.2 Å². The predicted octanol–water partition coefficient (Wildman–Crippen LogP) is 2.05. The van der Waals surface area contributed by atoms with Gasteiger partial charge in [0.25, 0.3) is 5.56 Å². The Bertz CT molecular complexity index is 1450. The Kier molecular flexibility index (Phi) is 4.83. The highest BCUT2D eigenvalue weighted by atomic mass is 16.5. The molecule has 1 atom stereocenters. The van der Waals surface area contributed by atoms with Gasteiger partial charge in [0.15, 0.2) is 11.2 Å². The van der Waals surface area contributed by atoms with Gasteiger partial charge in [-0.05, 0) is 44.9 Å². The second kappa shape index (κ2) is 7.26. The van der Waals surface area contributed by atoms with Gasteiger partial charge >= 0.3 is 11.7 Å². The maximum absolute atomic E-state index is 13.4. The minimum atomic E-state index is -1.06. The van der Waals surface area contributed by atoms with Gasteiger partial charge < -0.3 is 4.74 Å². The fraction of sp³-hybridized carbons (Fsp3) is 0.364. The molecule has 0 saturated carbocycles. The summed E-state index contributed by atoms with van der Waals surface area (Å²) in [5.41, 5.74) is 3.19. The molecule has 0 aliphatic heterocycles. The molecule has 4 rings (SSSR count). The smallest absolute Gasteiger partial charge is 0.333 e. The van der Waals surface area contributed by atoms with E-state index in [9.17, 15) is 14.4 Å². The summed E-state index contributed by atoms with van der Waals surface area (Å²) >= 11 is 0. The van der Waals surface area contributed by atoms with Gasteiger partial charge in [0, 0.05) is 24.1 Å².